The van der Waals surface area contributed by atoms with E-state index in [-0.39, 0.29) is 23.4 Å². The minimum Gasteiger partial charge on any atom is -0.507 e. The van der Waals surface area contributed by atoms with E-state index in [9.17, 15) is 19.1 Å². The minimum atomic E-state index is -0.876. The molecule has 0 radical (unpaired) electrons. The number of rotatable bonds is 11. The molecule has 3 aromatic carbocycles. The third-order valence-corrected chi connectivity index (χ3v) is 6.23. The average molecular weight is 520 g/mol. The van der Waals surface area contributed by atoms with Gasteiger partial charge in [-0.1, -0.05) is 36.4 Å². The van der Waals surface area contributed by atoms with Crippen LogP contribution in [0, 0.1) is 5.82 Å². The number of halogens is 1. The van der Waals surface area contributed by atoms with Crippen LogP contribution in [-0.4, -0.2) is 48.6 Å². The second-order valence-corrected chi connectivity index (χ2v) is 8.76. The van der Waals surface area contributed by atoms with Gasteiger partial charge in [0.1, 0.15) is 18.2 Å². The second-order valence-electron chi connectivity index (χ2n) is 8.76. The number of nitrogens with zero attached hydrogens (tertiary/aromatic N) is 1. The van der Waals surface area contributed by atoms with Crippen LogP contribution in [0.5, 0.6) is 11.5 Å². The lowest BCUT2D eigenvalue weighted by Crippen LogP contribution is -2.31. The van der Waals surface area contributed by atoms with Gasteiger partial charge in [0.05, 0.1) is 18.2 Å². The molecule has 1 fully saturated rings. The SMILES string of the molecule is CCOc1cc(C2C(=C(O)c3ccc(F)cc3)C(=O)C(=O)N2CCCOC)ccc1OCc1ccccc1. The van der Waals surface area contributed by atoms with E-state index in [4.69, 9.17) is 14.2 Å². The standard InChI is InChI=1S/C30H30FNO6/c1-3-37-25-18-22(12-15-24(25)38-19-20-8-5-4-6-9-20)27-26(28(33)21-10-13-23(31)14-11-21)29(34)30(35)32(27)16-7-17-36-2/h4-6,8-15,18,27,33H,3,7,16-17,19H2,1-2H3. The van der Waals surface area contributed by atoms with E-state index in [1.807, 2.05) is 37.3 Å². The van der Waals surface area contributed by atoms with Crippen LogP contribution in [0.3, 0.4) is 0 Å². The highest BCUT2D eigenvalue weighted by Crippen LogP contribution is 2.42. The van der Waals surface area contributed by atoms with Gasteiger partial charge in [-0.2, -0.15) is 0 Å². The van der Waals surface area contributed by atoms with Crippen LogP contribution in [0.2, 0.25) is 0 Å². The molecule has 38 heavy (non-hydrogen) atoms. The topological polar surface area (TPSA) is 85.3 Å². The fraction of sp³-hybridized carbons (Fsp3) is 0.267. The van der Waals surface area contributed by atoms with Gasteiger partial charge >= 0.3 is 0 Å². The molecule has 7 nitrogen and oxygen atoms in total. The highest BCUT2D eigenvalue weighted by molar-refractivity contribution is 6.46. The molecule has 1 amide bonds. The summed E-state index contributed by atoms with van der Waals surface area (Å²) >= 11 is 0. The number of hydrogen-bond donors (Lipinski definition) is 1. The number of ketones is 1. The van der Waals surface area contributed by atoms with Crippen molar-refractivity contribution in [2.45, 2.75) is 26.0 Å². The smallest absolute Gasteiger partial charge is 0.295 e. The fourth-order valence-corrected chi connectivity index (χ4v) is 4.42. The van der Waals surface area contributed by atoms with E-state index in [0.717, 1.165) is 5.56 Å². The van der Waals surface area contributed by atoms with Crippen molar-refractivity contribution < 1.29 is 33.3 Å². The average Bonchev–Trinajstić information content (AvgIpc) is 3.18. The van der Waals surface area contributed by atoms with E-state index in [2.05, 4.69) is 0 Å². The summed E-state index contributed by atoms with van der Waals surface area (Å²) in [5.74, 6) is -1.43. The normalized spacial score (nSPS) is 16.6. The van der Waals surface area contributed by atoms with E-state index in [1.165, 1.54) is 29.2 Å². The molecule has 1 heterocycles. The number of amides is 1. The van der Waals surface area contributed by atoms with E-state index < -0.39 is 23.5 Å². The molecule has 8 heteroatoms. The summed E-state index contributed by atoms with van der Waals surface area (Å²) in [5, 5.41) is 11.1. The number of carbonyl (C=O) groups excluding carboxylic acids is 2. The molecular weight excluding hydrogens is 489 g/mol. The summed E-state index contributed by atoms with van der Waals surface area (Å²) in [7, 11) is 1.56. The molecule has 1 aliphatic rings. The minimum absolute atomic E-state index is 0.0700. The number of aliphatic hydroxyl groups is 1. The predicted molar refractivity (Wildman–Crippen MR) is 140 cm³/mol. The third kappa shape index (κ3) is 5.86. The van der Waals surface area contributed by atoms with Gasteiger partial charge in [0.2, 0.25) is 0 Å². The molecule has 1 unspecified atom stereocenters. The van der Waals surface area contributed by atoms with Crippen molar-refractivity contribution in [1.29, 1.82) is 0 Å². The Kier molecular flexibility index (Phi) is 8.76. The van der Waals surface area contributed by atoms with Gasteiger partial charge < -0.3 is 24.2 Å². The summed E-state index contributed by atoms with van der Waals surface area (Å²) in [4.78, 5) is 27.7. The Hall–Kier alpha value is -4.17. The zero-order valence-electron chi connectivity index (χ0n) is 21.4. The zero-order chi connectivity index (χ0) is 27.1. The van der Waals surface area contributed by atoms with Gasteiger partial charge in [-0.3, -0.25) is 9.59 Å². The number of aliphatic hydroxyl groups excluding tert-OH is 1. The Bertz CT molecular complexity index is 1310. The van der Waals surface area contributed by atoms with E-state index in [0.29, 0.717) is 43.3 Å². The van der Waals surface area contributed by atoms with Crippen LogP contribution in [0.1, 0.15) is 36.1 Å². The molecule has 1 saturated heterocycles. The summed E-state index contributed by atoms with van der Waals surface area (Å²) in [5.41, 5.74) is 1.73. The molecule has 0 aromatic heterocycles. The molecule has 198 valence electrons. The van der Waals surface area contributed by atoms with Crippen molar-refractivity contribution >= 4 is 17.4 Å². The third-order valence-electron chi connectivity index (χ3n) is 6.23. The summed E-state index contributed by atoms with van der Waals surface area (Å²) < 4.78 is 30.5. The Labute approximate surface area is 221 Å². The Balaban J connectivity index is 1.75. The van der Waals surface area contributed by atoms with Crippen LogP contribution >= 0.6 is 0 Å². The summed E-state index contributed by atoms with van der Waals surface area (Å²) in [6.45, 7) is 3.18. The van der Waals surface area contributed by atoms with Crippen LogP contribution in [0.15, 0.2) is 78.4 Å². The van der Waals surface area contributed by atoms with Crippen LogP contribution in [0.25, 0.3) is 5.76 Å². The van der Waals surface area contributed by atoms with Crippen molar-refractivity contribution in [3.8, 4) is 11.5 Å². The molecule has 1 N–H and O–H groups in total. The van der Waals surface area contributed by atoms with Gasteiger partial charge in [0.15, 0.2) is 11.5 Å². The van der Waals surface area contributed by atoms with Crippen molar-refractivity contribution in [1.82, 2.24) is 4.90 Å². The van der Waals surface area contributed by atoms with Gasteiger partial charge in [-0.05, 0) is 60.9 Å². The van der Waals surface area contributed by atoms with Crippen molar-refractivity contribution in [2.75, 3.05) is 26.9 Å². The van der Waals surface area contributed by atoms with Crippen molar-refractivity contribution in [3.63, 3.8) is 0 Å². The van der Waals surface area contributed by atoms with Crippen LogP contribution < -0.4 is 9.47 Å². The lowest BCUT2D eigenvalue weighted by atomic mass is 9.95. The molecule has 1 aliphatic heterocycles. The first-order valence-electron chi connectivity index (χ1n) is 12.4. The van der Waals surface area contributed by atoms with Crippen LogP contribution in [0.4, 0.5) is 4.39 Å². The molecule has 0 spiro atoms. The highest BCUT2D eigenvalue weighted by atomic mass is 19.1. The quantitative estimate of drug-likeness (QED) is 0.161. The number of methoxy groups -OCH3 is 1. The molecule has 0 bridgehead atoms. The van der Waals surface area contributed by atoms with Gasteiger partial charge in [-0.25, -0.2) is 4.39 Å². The van der Waals surface area contributed by atoms with Gasteiger partial charge in [0, 0.05) is 25.8 Å². The van der Waals surface area contributed by atoms with Crippen molar-refractivity contribution in [2.24, 2.45) is 0 Å². The number of benzene rings is 3. The van der Waals surface area contributed by atoms with E-state index >= 15 is 0 Å². The maximum absolute atomic E-state index is 13.5. The molecular formula is C30H30FNO6. The first kappa shape index (κ1) is 26.9. The number of carbonyl (C=O) groups is 2. The molecule has 3 aromatic rings. The zero-order valence-corrected chi connectivity index (χ0v) is 21.4. The molecule has 4 rings (SSSR count). The largest absolute Gasteiger partial charge is 0.507 e. The van der Waals surface area contributed by atoms with Crippen molar-refractivity contribution in [3.05, 3.63) is 101 Å². The molecule has 1 atom stereocenters. The van der Waals surface area contributed by atoms with Gasteiger partial charge in [0.25, 0.3) is 11.7 Å². The monoisotopic (exact) mass is 519 g/mol. The fourth-order valence-electron chi connectivity index (χ4n) is 4.42. The number of hydrogen-bond acceptors (Lipinski definition) is 6. The lowest BCUT2D eigenvalue weighted by Gasteiger charge is -2.26. The molecule has 0 aliphatic carbocycles. The number of ether oxygens (including phenoxy) is 3. The lowest BCUT2D eigenvalue weighted by molar-refractivity contribution is -0.140. The van der Waals surface area contributed by atoms with Crippen LogP contribution in [-0.2, 0) is 20.9 Å². The van der Waals surface area contributed by atoms with Gasteiger partial charge in [-0.15, -0.1) is 0 Å². The highest BCUT2D eigenvalue weighted by Gasteiger charge is 2.46. The Morgan fingerprint density at radius 3 is 2.39 bits per heavy atom. The first-order chi connectivity index (χ1) is 18.4. The molecule has 0 saturated carbocycles. The van der Waals surface area contributed by atoms with E-state index in [1.54, 1.807) is 25.3 Å². The second kappa shape index (κ2) is 12.4. The number of Topliss-reactive ketones (excluding diaryl/α,β-unsaturated/α-hetero) is 1. The number of likely N-dealkylation sites (tertiary alicyclic amines) is 1. The maximum atomic E-state index is 13.5. The summed E-state index contributed by atoms with van der Waals surface area (Å²) in [6.07, 6.45) is 0.493. The Morgan fingerprint density at radius 1 is 0.974 bits per heavy atom. The maximum Gasteiger partial charge on any atom is 0.295 e. The Morgan fingerprint density at radius 2 is 1.71 bits per heavy atom. The first-order valence-corrected chi connectivity index (χ1v) is 12.4. The summed E-state index contributed by atoms with van der Waals surface area (Å²) in [6, 6.07) is 19.1. The predicted octanol–water partition coefficient (Wildman–Crippen LogP) is 5.26.